The zero-order valence-electron chi connectivity index (χ0n) is 26.3. The number of fused-ring (bicyclic) bond motifs is 5. The first-order chi connectivity index (χ1) is 21.2. The fraction of sp³-hybridized carbons (Fsp3) is 0.656. The van der Waals surface area contributed by atoms with Crippen LogP contribution in [0.15, 0.2) is 18.2 Å². The van der Waals surface area contributed by atoms with Crippen LogP contribution in [0.1, 0.15) is 78.3 Å². The van der Waals surface area contributed by atoms with Crippen LogP contribution < -0.4 is 14.8 Å². The number of benzene rings is 1. The van der Waals surface area contributed by atoms with E-state index in [1.165, 1.54) is 12.0 Å². The Hall–Kier alpha value is -3.77. The maximum atomic E-state index is 16.0. The van der Waals surface area contributed by atoms with E-state index in [9.17, 15) is 19.5 Å². The van der Waals surface area contributed by atoms with Crippen molar-refractivity contribution in [2.75, 3.05) is 13.7 Å². The molecule has 1 saturated carbocycles. The minimum Gasteiger partial charge on any atom is -0.497 e. The Morgan fingerprint density at radius 2 is 1.91 bits per heavy atom. The number of carboxylic acid groups (broad SMARTS) is 1. The number of hydrogen-bond donors (Lipinski definition) is 2. The van der Waals surface area contributed by atoms with Crippen molar-refractivity contribution in [1.29, 1.82) is 0 Å². The van der Waals surface area contributed by atoms with Crippen molar-refractivity contribution in [2.24, 2.45) is 17.3 Å². The van der Waals surface area contributed by atoms with E-state index < -0.39 is 71.4 Å². The third-order valence-corrected chi connectivity index (χ3v) is 9.01. The van der Waals surface area contributed by atoms with Gasteiger partial charge in [0.1, 0.15) is 30.0 Å². The van der Waals surface area contributed by atoms with Gasteiger partial charge in [0.2, 0.25) is 11.8 Å². The molecule has 246 valence electrons. The zero-order chi connectivity index (χ0) is 32.7. The maximum Gasteiger partial charge on any atom is 0.408 e. The van der Waals surface area contributed by atoms with Gasteiger partial charge in [0, 0.05) is 18.4 Å². The SMILES string of the molecule is CCC[C@@H]1[C@@H]2CN(C(=O)[C@H](C(C)(C)C)NC(=O)O[C@@H]3C[C@H]3CCCCC(F)(F)c3nc4ccc(OC)cc4nc3O2)[C@@H]1C(=O)O. The molecular weight excluding hydrogens is 590 g/mol. The molecule has 2 bridgehead atoms. The third kappa shape index (κ3) is 6.91. The Labute approximate surface area is 261 Å². The van der Waals surface area contributed by atoms with Gasteiger partial charge in [-0.2, -0.15) is 8.78 Å². The molecule has 45 heavy (non-hydrogen) atoms. The molecule has 2 N–H and O–H groups in total. The van der Waals surface area contributed by atoms with Crippen molar-refractivity contribution in [3.05, 3.63) is 23.9 Å². The highest BCUT2D eigenvalue weighted by Crippen LogP contribution is 2.43. The Morgan fingerprint density at radius 1 is 1.16 bits per heavy atom. The first kappa shape index (κ1) is 32.6. The standard InChI is InChI=1S/C32H42F2N4O7/c1-6-9-19-23-16-38(24(19)29(40)41)28(39)26(31(2,3)4)37-30(42)45-22-14-17(22)10-7-8-13-32(33,34)25-27(44-23)36-21-15-18(43-5)11-12-20(21)35-25/h11-12,15,17,19,22-24,26H,6-10,13-14,16H2,1-5H3,(H,37,42)(H,40,41)/t17-,19-,22-,23+,24+,26-/m1/s1. The van der Waals surface area contributed by atoms with E-state index in [1.54, 1.807) is 39.0 Å². The molecular formula is C32H42F2N4O7. The summed E-state index contributed by atoms with van der Waals surface area (Å²) in [6.07, 6.45) is 0.189. The molecule has 2 fully saturated rings. The van der Waals surface area contributed by atoms with E-state index in [1.807, 2.05) is 6.92 Å². The molecule has 3 heterocycles. The van der Waals surface area contributed by atoms with Crippen molar-refractivity contribution >= 4 is 29.0 Å². The van der Waals surface area contributed by atoms with E-state index in [-0.39, 0.29) is 36.0 Å². The van der Waals surface area contributed by atoms with Crippen LogP contribution in [-0.4, -0.2) is 75.9 Å². The molecule has 2 aromatic rings. The van der Waals surface area contributed by atoms with Crippen molar-refractivity contribution in [3.63, 3.8) is 0 Å². The van der Waals surface area contributed by atoms with Crippen molar-refractivity contribution in [2.45, 2.75) is 103 Å². The molecule has 3 aliphatic rings. The highest BCUT2D eigenvalue weighted by molar-refractivity contribution is 5.90. The van der Waals surface area contributed by atoms with E-state index in [2.05, 4.69) is 15.3 Å². The smallest absolute Gasteiger partial charge is 0.408 e. The fourth-order valence-corrected chi connectivity index (χ4v) is 6.47. The first-order valence-electron chi connectivity index (χ1n) is 15.6. The second-order valence-corrected chi connectivity index (χ2v) is 13.4. The lowest BCUT2D eigenvalue weighted by molar-refractivity contribution is -0.151. The van der Waals surface area contributed by atoms with Gasteiger partial charge in [-0.3, -0.25) is 4.79 Å². The number of aliphatic carboxylic acids is 1. The van der Waals surface area contributed by atoms with Crippen molar-refractivity contribution in [1.82, 2.24) is 20.2 Å². The Kier molecular flexibility index (Phi) is 9.10. The van der Waals surface area contributed by atoms with Gasteiger partial charge in [-0.25, -0.2) is 19.6 Å². The van der Waals surface area contributed by atoms with Crippen LogP contribution in [0.3, 0.4) is 0 Å². The van der Waals surface area contributed by atoms with Gasteiger partial charge >= 0.3 is 12.1 Å². The van der Waals surface area contributed by atoms with Gasteiger partial charge < -0.3 is 29.5 Å². The molecule has 0 spiro atoms. The second-order valence-electron chi connectivity index (χ2n) is 13.4. The monoisotopic (exact) mass is 632 g/mol. The number of halogens is 2. The molecule has 1 aliphatic carbocycles. The molecule has 2 aliphatic heterocycles. The number of ether oxygens (including phenoxy) is 3. The van der Waals surface area contributed by atoms with Gasteiger partial charge in [0.15, 0.2) is 5.69 Å². The van der Waals surface area contributed by atoms with Crippen LogP contribution in [0.25, 0.3) is 11.0 Å². The molecule has 11 nitrogen and oxygen atoms in total. The lowest BCUT2D eigenvalue weighted by atomic mass is 9.85. The van der Waals surface area contributed by atoms with Gasteiger partial charge in [0.25, 0.3) is 5.92 Å². The zero-order valence-corrected chi connectivity index (χ0v) is 26.3. The number of aromatic nitrogens is 2. The molecule has 2 amide bonds. The van der Waals surface area contributed by atoms with Gasteiger partial charge in [-0.1, -0.05) is 40.5 Å². The summed E-state index contributed by atoms with van der Waals surface area (Å²) < 4.78 is 49.0. The number of carbonyl (C=O) groups excluding carboxylic acids is 2. The number of amides is 2. The predicted octanol–water partition coefficient (Wildman–Crippen LogP) is 5.29. The number of nitrogens with one attached hydrogen (secondary N) is 1. The largest absolute Gasteiger partial charge is 0.497 e. The molecule has 5 rings (SSSR count). The van der Waals surface area contributed by atoms with E-state index in [0.29, 0.717) is 37.9 Å². The molecule has 1 saturated heterocycles. The van der Waals surface area contributed by atoms with Crippen LogP contribution in [0.4, 0.5) is 13.6 Å². The molecule has 1 aromatic heterocycles. The number of hydrogen-bond acceptors (Lipinski definition) is 8. The minimum atomic E-state index is -3.40. The van der Waals surface area contributed by atoms with Crippen LogP contribution in [-0.2, 0) is 20.2 Å². The minimum absolute atomic E-state index is 0.0481. The number of methoxy groups -OCH3 is 1. The lowest BCUT2D eigenvalue weighted by Gasteiger charge is -2.35. The second kappa shape index (κ2) is 12.6. The number of carboxylic acids is 1. The molecule has 0 unspecified atom stereocenters. The highest BCUT2D eigenvalue weighted by atomic mass is 19.3. The summed E-state index contributed by atoms with van der Waals surface area (Å²) in [4.78, 5) is 49.7. The number of alkyl halides is 2. The Balaban J connectivity index is 1.60. The number of carbonyl (C=O) groups is 3. The Bertz CT molecular complexity index is 1450. The van der Waals surface area contributed by atoms with Crippen molar-refractivity contribution in [3.8, 4) is 11.6 Å². The van der Waals surface area contributed by atoms with Crippen LogP contribution in [0, 0.1) is 17.3 Å². The van der Waals surface area contributed by atoms with E-state index >= 15 is 8.78 Å². The summed E-state index contributed by atoms with van der Waals surface area (Å²) in [5, 5.41) is 13.1. The summed E-state index contributed by atoms with van der Waals surface area (Å²) in [5.41, 5.74) is -0.923. The Morgan fingerprint density at radius 3 is 2.58 bits per heavy atom. The van der Waals surface area contributed by atoms with Crippen LogP contribution in [0.2, 0.25) is 0 Å². The summed E-state index contributed by atoms with van der Waals surface area (Å²) in [6.45, 7) is 6.94. The predicted molar refractivity (Wildman–Crippen MR) is 159 cm³/mol. The van der Waals surface area contributed by atoms with E-state index in [4.69, 9.17) is 14.2 Å². The van der Waals surface area contributed by atoms with Crippen LogP contribution in [0.5, 0.6) is 11.6 Å². The third-order valence-electron chi connectivity index (χ3n) is 9.01. The average molecular weight is 633 g/mol. The van der Waals surface area contributed by atoms with Gasteiger partial charge in [-0.05, 0) is 49.1 Å². The van der Waals surface area contributed by atoms with Gasteiger partial charge in [-0.15, -0.1) is 0 Å². The first-order valence-corrected chi connectivity index (χ1v) is 15.6. The maximum absolute atomic E-state index is 16.0. The lowest BCUT2D eigenvalue weighted by Crippen LogP contribution is -2.57. The van der Waals surface area contributed by atoms with Crippen molar-refractivity contribution < 1.29 is 42.5 Å². The topological polar surface area (TPSA) is 140 Å². The van der Waals surface area contributed by atoms with E-state index in [0.717, 1.165) is 0 Å². The summed E-state index contributed by atoms with van der Waals surface area (Å²) in [6, 6.07) is 2.29. The highest BCUT2D eigenvalue weighted by Gasteiger charge is 2.52. The average Bonchev–Trinajstić information content (AvgIpc) is 3.60. The normalized spacial score (nSPS) is 28.9. The summed E-state index contributed by atoms with van der Waals surface area (Å²) in [5.74, 6) is -5.92. The number of nitrogens with zero attached hydrogens (tertiary/aromatic N) is 3. The summed E-state index contributed by atoms with van der Waals surface area (Å²) >= 11 is 0. The quantitative estimate of drug-likeness (QED) is 0.460. The molecule has 13 heteroatoms. The molecule has 1 aromatic carbocycles. The molecule has 0 radical (unpaired) electrons. The molecule has 6 atom stereocenters. The number of alkyl carbamates (subject to hydrolysis) is 1. The summed E-state index contributed by atoms with van der Waals surface area (Å²) in [7, 11) is 1.47. The fourth-order valence-electron chi connectivity index (χ4n) is 6.47. The van der Waals surface area contributed by atoms with Crippen LogP contribution >= 0.6 is 0 Å². The number of rotatable bonds is 4. The van der Waals surface area contributed by atoms with Gasteiger partial charge in [0.05, 0.1) is 24.7 Å².